The summed E-state index contributed by atoms with van der Waals surface area (Å²) in [6, 6.07) is 9.78. The number of hydrogen-bond acceptors (Lipinski definition) is 6. The van der Waals surface area contributed by atoms with E-state index in [0.29, 0.717) is 24.5 Å². The van der Waals surface area contributed by atoms with Crippen molar-refractivity contribution in [1.29, 1.82) is 0 Å². The molecule has 2 fully saturated rings. The van der Waals surface area contributed by atoms with Gasteiger partial charge in [0.25, 0.3) is 0 Å². The van der Waals surface area contributed by atoms with Crippen LogP contribution in [0, 0.1) is 11.3 Å². The number of hydrogen-bond donors (Lipinski definition) is 3. The van der Waals surface area contributed by atoms with Gasteiger partial charge >= 0.3 is 0 Å². The van der Waals surface area contributed by atoms with Crippen molar-refractivity contribution in [2.75, 3.05) is 20.2 Å². The number of piperidine rings is 1. The van der Waals surface area contributed by atoms with E-state index in [4.69, 9.17) is 9.72 Å². The van der Waals surface area contributed by atoms with Crippen LogP contribution in [0.25, 0.3) is 22.2 Å². The number of ketones is 1. The normalized spacial score (nSPS) is 21.4. The highest BCUT2D eigenvalue weighted by Gasteiger charge is 2.58. The topological polar surface area (TPSA) is 109 Å². The van der Waals surface area contributed by atoms with Gasteiger partial charge in [-0.15, -0.1) is 0 Å². The summed E-state index contributed by atoms with van der Waals surface area (Å²) in [7, 11) is 1.62. The van der Waals surface area contributed by atoms with Crippen molar-refractivity contribution in [2.45, 2.75) is 70.8 Å². The van der Waals surface area contributed by atoms with E-state index in [2.05, 4.69) is 26.7 Å². The van der Waals surface area contributed by atoms with Gasteiger partial charge in [-0.05, 0) is 56.2 Å². The van der Waals surface area contributed by atoms with Gasteiger partial charge in [-0.3, -0.25) is 9.59 Å². The first-order valence-corrected chi connectivity index (χ1v) is 14.0. The molecule has 1 saturated carbocycles. The minimum absolute atomic E-state index is 0.0687. The number of methoxy groups -OCH3 is 1. The molecule has 1 unspecified atom stereocenters. The molecule has 0 bridgehead atoms. The summed E-state index contributed by atoms with van der Waals surface area (Å²) < 4.78 is 5.60. The second-order valence-corrected chi connectivity index (χ2v) is 10.9. The van der Waals surface area contributed by atoms with Gasteiger partial charge in [0, 0.05) is 30.7 Å². The highest BCUT2D eigenvalue weighted by Crippen LogP contribution is 2.56. The van der Waals surface area contributed by atoms with Gasteiger partial charge in [0.1, 0.15) is 11.6 Å². The number of fused-ring (bicyclic) bond motifs is 1. The molecular formula is C30H39N5O3. The van der Waals surface area contributed by atoms with Crippen molar-refractivity contribution >= 4 is 22.6 Å². The number of nitrogens with one attached hydrogen (secondary N) is 3. The number of pyridine rings is 1. The molecule has 2 aliphatic rings. The zero-order valence-corrected chi connectivity index (χ0v) is 22.5. The van der Waals surface area contributed by atoms with Crippen LogP contribution in [0.15, 0.2) is 36.5 Å². The largest absolute Gasteiger partial charge is 0.480 e. The van der Waals surface area contributed by atoms with Gasteiger partial charge < -0.3 is 20.4 Å². The zero-order valence-electron chi connectivity index (χ0n) is 22.5. The second-order valence-electron chi connectivity index (χ2n) is 10.9. The minimum Gasteiger partial charge on any atom is -0.480 e. The van der Waals surface area contributed by atoms with Crippen LogP contribution in [0.4, 0.5) is 0 Å². The van der Waals surface area contributed by atoms with Gasteiger partial charge in [0.05, 0.1) is 36.1 Å². The lowest BCUT2D eigenvalue weighted by atomic mass is 9.93. The fourth-order valence-corrected chi connectivity index (χ4v) is 5.85. The summed E-state index contributed by atoms with van der Waals surface area (Å²) in [4.78, 5) is 37.9. The number of amides is 1. The molecule has 1 aliphatic carbocycles. The average Bonchev–Trinajstić information content (AvgIpc) is 3.40. The third-order valence-electron chi connectivity index (χ3n) is 8.27. The van der Waals surface area contributed by atoms with Crippen LogP contribution in [0.5, 0.6) is 5.88 Å². The molecule has 3 atom stereocenters. The van der Waals surface area contributed by atoms with E-state index in [0.717, 1.165) is 86.0 Å². The van der Waals surface area contributed by atoms with Gasteiger partial charge in [-0.1, -0.05) is 38.0 Å². The first-order valence-electron chi connectivity index (χ1n) is 14.0. The molecule has 3 aromatic rings. The van der Waals surface area contributed by atoms with E-state index >= 15 is 0 Å². The highest BCUT2D eigenvalue weighted by atomic mass is 16.5. The van der Waals surface area contributed by atoms with Crippen LogP contribution < -0.4 is 15.4 Å². The first kappa shape index (κ1) is 26.4. The predicted molar refractivity (Wildman–Crippen MR) is 148 cm³/mol. The van der Waals surface area contributed by atoms with E-state index in [1.54, 1.807) is 13.3 Å². The lowest BCUT2D eigenvalue weighted by Gasteiger charge is -2.24. The molecule has 1 spiro atoms. The quantitative estimate of drug-likeness (QED) is 0.288. The third-order valence-corrected chi connectivity index (χ3v) is 8.27. The Morgan fingerprint density at radius 2 is 2.11 bits per heavy atom. The molecule has 3 N–H and O–H groups in total. The van der Waals surface area contributed by atoms with Crippen LogP contribution in [-0.4, -0.2) is 46.8 Å². The number of aromatic nitrogens is 3. The van der Waals surface area contributed by atoms with Gasteiger partial charge in [0.15, 0.2) is 0 Å². The number of aromatic amines is 1. The number of benzene rings is 1. The number of Topliss-reactive ketones (excluding diaryl/α,β-unsaturated/α-hetero) is 1. The van der Waals surface area contributed by atoms with Gasteiger partial charge in [0.2, 0.25) is 11.8 Å². The molecule has 1 amide bonds. The lowest BCUT2D eigenvalue weighted by Crippen LogP contribution is -2.37. The maximum atomic E-state index is 13.3. The Morgan fingerprint density at radius 1 is 1.24 bits per heavy atom. The minimum atomic E-state index is -0.216. The Balaban J connectivity index is 1.33. The smallest absolute Gasteiger partial charge is 0.224 e. The van der Waals surface area contributed by atoms with Crippen LogP contribution in [0.1, 0.15) is 76.6 Å². The number of nitrogens with zero attached hydrogens (tertiary/aromatic N) is 2. The van der Waals surface area contributed by atoms with Crippen molar-refractivity contribution in [3.8, 4) is 17.1 Å². The van der Waals surface area contributed by atoms with Crippen molar-refractivity contribution in [3.63, 3.8) is 0 Å². The molecule has 1 saturated heterocycles. The van der Waals surface area contributed by atoms with Gasteiger partial charge in [-0.25, -0.2) is 9.97 Å². The maximum absolute atomic E-state index is 13.3. The molecule has 3 heterocycles. The van der Waals surface area contributed by atoms with Crippen molar-refractivity contribution in [2.24, 2.45) is 11.3 Å². The van der Waals surface area contributed by atoms with E-state index < -0.39 is 0 Å². The van der Waals surface area contributed by atoms with Crippen molar-refractivity contribution < 1.29 is 14.3 Å². The molecule has 5 rings (SSSR count). The molecule has 0 radical (unpaired) electrons. The fourth-order valence-electron chi connectivity index (χ4n) is 5.85. The van der Waals surface area contributed by atoms with E-state index in [1.165, 1.54) is 0 Å². The Bertz CT molecular complexity index is 1280. The lowest BCUT2D eigenvalue weighted by molar-refractivity contribution is -0.124. The number of H-pyrrole nitrogens is 1. The van der Waals surface area contributed by atoms with E-state index in [9.17, 15) is 9.59 Å². The van der Waals surface area contributed by atoms with Crippen molar-refractivity contribution in [3.05, 3.63) is 42.4 Å². The Morgan fingerprint density at radius 3 is 2.89 bits per heavy atom. The standard InChI is InChI=1S/C30H39N5O3/c1-3-21(36)11-5-4-6-13-25(34-28(37)23-17-30(23)14-9-15-31-19-30)27-32-18-26(33-27)22-16-20-10-7-8-12-24(20)35-29(22)38-2/h7-8,10,12,16,18,23,25,31H,3-6,9,11,13-15,17,19H2,1-2H3,(H,32,33)(H,34,37)/t23-,25-,30?/m0/s1. The SMILES string of the molecule is CCC(=O)CCCCC[C@H](NC(=O)[C@@H]1CC12CCCNC2)c1ncc(-c2cc3ccccc3nc2OC)[nH]1. The van der Waals surface area contributed by atoms with Gasteiger partial charge in [-0.2, -0.15) is 0 Å². The number of rotatable bonds is 12. The predicted octanol–water partition coefficient (Wildman–Crippen LogP) is 5.11. The molecule has 2 aromatic heterocycles. The zero-order chi connectivity index (χ0) is 26.5. The highest BCUT2D eigenvalue weighted by molar-refractivity contribution is 5.85. The molecule has 38 heavy (non-hydrogen) atoms. The summed E-state index contributed by atoms with van der Waals surface area (Å²) in [5.41, 5.74) is 2.64. The van der Waals surface area contributed by atoms with Crippen LogP contribution in [-0.2, 0) is 9.59 Å². The summed E-state index contributed by atoms with van der Waals surface area (Å²) in [6.45, 7) is 3.89. The number of ether oxygens (including phenoxy) is 1. The molecule has 1 aliphatic heterocycles. The number of para-hydroxylation sites is 1. The molecule has 202 valence electrons. The second kappa shape index (κ2) is 11.6. The molecule has 8 nitrogen and oxygen atoms in total. The Kier molecular flexibility index (Phi) is 8.07. The third kappa shape index (κ3) is 5.75. The maximum Gasteiger partial charge on any atom is 0.224 e. The Labute approximate surface area is 224 Å². The summed E-state index contributed by atoms with van der Waals surface area (Å²) >= 11 is 0. The summed E-state index contributed by atoms with van der Waals surface area (Å²) in [6.07, 6.45) is 9.75. The number of imidazole rings is 1. The molecular weight excluding hydrogens is 478 g/mol. The average molecular weight is 518 g/mol. The number of carbonyl (C=O) groups excluding carboxylic acids is 2. The summed E-state index contributed by atoms with van der Waals surface area (Å²) in [5, 5.41) is 7.82. The molecule has 8 heteroatoms. The summed E-state index contributed by atoms with van der Waals surface area (Å²) in [5.74, 6) is 1.78. The Hall–Kier alpha value is -3.26. The van der Waals surface area contributed by atoms with Crippen molar-refractivity contribution in [1.82, 2.24) is 25.6 Å². The number of unbranched alkanes of at least 4 members (excludes halogenated alkanes) is 2. The number of carbonyl (C=O) groups is 2. The van der Waals surface area contributed by atoms with E-state index in [1.807, 2.05) is 31.2 Å². The molecule has 1 aromatic carbocycles. The first-order chi connectivity index (χ1) is 18.5. The monoisotopic (exact) mass is 517 g/mol. The van der Waals surface area contributed by atoms with E-state index in [-0.39, 0.29) is 23.3 Å². The van der Waals surface area contributed by atoms with Crippen LogP contribution >= 0.6 is 0 Å². The fraction of sp³-hybridized carbons (Fsp3) is 0.533. The van der Waals surface area contributed by atoms with Crippen LogP contribution in [0.3, 0.4) is 0 Å². The van der Waals surface area contributed by atoms with Crippen LogP contribution in [0.2, 0.25) is 0 Å².